The van der Waals surface area contributed by atoms with Crippen LogP contribution in [0.3, 0.4) is 0 Å². The highest BCUT2D eigenvalue weighted by Gasteiger charge is 2.27. The highest BCUT2D eigenvalue weighted by atomic mass is 79.9. The van der Waals surface area contributed by atoms with Crippen molar-refractivity contribution in [3.63, 3.8) is 0 Å². The largest absolute Gasteiger partial charge is 0.396 e. The molecule has 1 aliphatic heterocycles. The van der Waals surface area contributed by atoms with E-state index >= 15 is 0 Å². The molecule has 0 radical (unpaired) electrons. The van der Waals surface area contributed by atoms with Crippen molar-refractivity contribution < 1.29 is 9.13 Å². The molecule has 1 heterocycles. The van der Waals surface area contributed by atoms with Crippen LogP contribution in [0.2, 0.25) is 0 Å². The number of nitrogens with zero attached hydrogens (tertiary/aromatic N) is 1. The number of halogens is 2. The third-order valence-corrected chi connectivity index (χ3v) is 3.25. The summed E-state index contributed by atoms with van der Waals surface area (Å²) < 4.78 is 19.1. The van der Waals surface area contributed by atoms with Gasteiger partial charge < -0.3 is 10.5 Å². The first-order valence-corrected chi connectivity index (χ1v) is 5.19. The van der Waals surface area contributed by atoms with Crippen LogP contribution in [0.5, 0.6) is 0 Å². The Labute approximate surface area is 94.8 Å². The molecule has 2 rings (SSSR count). The van der Waals surface area contributed by atoms with Crippen LogP contribution in [0.15, 0.2) is 10.5 Å². The highest BCUT2D eigenvalue weighted by molar-refractivity contribution is 9.10. The fraction of sp³-hybridized carbons (Fsp3) is 0.300. The number of nitrogens with two attached hydrogens (primary N) is 1. The van der Waals surface area contributed by atoms with Gasteiger partial charge in [0.05, 0.1) is 35.4 Å². The van der Waals surface area contributed by atoms with Gasteiger partial charge in [-0.25, -0.2) is 4.39 Å². The summed E-state index contributed by atoms with van der Waals surface area (Å²) in [4.78, 5) is 0. The molecule has 0 bridgehead atoms. The zero-order valence-corrected chi connectivity index (χ0v) is 9.34. The van der Waals surface area contributed by atoms with E-state index in [0.717, 1.165) is 11.1 Å². The Morgan fingerprint density at radius 3 is 3.13 bits per heavy atom. The lowest BCUT2D eigenvalue weighted by Gasteiger charge is -2.08. The zero-order chi connectivity index (χ0) is 11.0. The predicted molar refractivity (Wildman–Crippen MR) is 56.3 cm³/mol. The molecule has 3 nitrogen and oxygen atoms in total. The maximum atomic E-state index is 13.4. The summed E-state index contributed by atoms with van der Waals surface area (Å²) in [6.45, 7) is 0.319. The van der Waals surface area contributed by atoms with Crippen LogP contribution in [0, 0.1) is 17.1 Å². The minimum Gasteiger partial charge on any atom is -0.396 e. The Morgan fingerprint density at radius 2 is 2.47 bits per heavy atom. The average molecular weight is 271 g/mol. The van der Waals surface area contributed by atoms with Gasteiger partial charge in [-0.3, -0.25) is 0 Å². The van der Waals surface area contributed by atoms with E-state index in [1.165, 1.54) is 0 Å². The maximum Gasteiger partial charge on any atom is 0.160 e. The lowest BCUT2D eigenvalue weighted by Crippen LogP contribution is -1.99. The number of hydrogen-bond donors (Lipinski definition) is 1. The summed E-state index contributed by atoms with van der Waals surface area (Å²) in [7, 11) is 0. The molecule has 1 atom stereocenters. The molecule has 0 saturated carbocycles. The first kappa shape index (κ1) is 10.4. The number of benzene rings is 1. The van der Waals surface area contributed by atoms with Crippen molar-refractivity contribution in [3.05, 3.63) is 27.5 Å². The second-order valence-electron chi connectivity index (χ2n) is 3.32. The van der Waals surface area contributed by atoms with Crippen LogP contribution in [0.4, 0.5) is 10.1 Å². The second-order valence-corrected chi connectivity index (χ2v) is 4.12. The van der Waals surface area contributed by atoms with Crippen LogP contribution in [-0.4, -0.2) is 0 Å². The van der Waals surface area contributed by atoms with Gasteiger partial charge in [-0.15, -0.1) is 0 Å². The van der Waals surface area contributed by atoms with Gasteiger partial charge in [-0.1, -0.05) is 0 Å². The Bertz CT molecular complexity index is 456. The number of fused-ring (bicyclic) bond motifs is 1. The van der Waals surface area contributed by atoms with Gasteiger partial charge in [-0.2, -0.15) is 5.26 Å². The molecule has 1 unspecified atom stereocenters. The highest BCUT2D eigenvalue weighted by Crippen LogP contribution is 2.40. The summed E-state index contributed by atoms with van der Waals surface area (Å²) >= 11 is 3.14. The van der Waals surface area contributed by atoms with Gasteiger partial charge in [0, 0.05) is 5.56 Å². The minimum absolute atomic E-state index is 0.0778. The zero-order valence-electron chi connectivity index (χ0n) is 7.76. The molecular weight excluding hydrogens is 263 g/mol. The predicted octanol–water partition coefficient (Wildman–Crippen LogP) is 2.66. The van der Waals surface area contributed by atoms with Gasteiger partial charge >= 0.3 is 0 Å². The Hall–Kier alpha value is -1.12. The lowest BCUT2D eigenvalue weighted by atomic mass is 10.0. The van der Waals surface area contributed by atoms with Crippen LogP contribution in [0.1, 0.15) is 23.7 Å². The third kappa shape index (κ3) is 1.60. The summed E-state index contributed by atoms with van der Waals surface area (Å²) in [6, 6.07) is 3.58. The van der Waals surface area contributed by atoms with E-state index in [2.05, 4.69) is 15.9 Å². The summed E-state index contributed by atoms with van der Waals surface area (Å²) in [5, 5.41) is 8.60. The standard InChI is InChI=1S/C10H8BrFN2O/c11-9-6-4-15-8(1-2-13)5(6)3-7(14)10(9)12/h3,8H,1,4,14H2. The van der Waals surface area contributed by atoms with Crippen molar-refractivity contribution in [1.82, 2.24) is 0 Å². The summed E-state index contributed by atoms with van der Waals surface area (Å²) in [6.07, 6.45) is -0.0333. The molecule has 1 aliphatic rings. The smallest absolute Gasteiger partial charge is 0.160 e. The molecule has 15 heavy (non-hydrogen) atoms. The number of nitriles is 1. The molecule has 1 aromatic carbocycles. The SMILES string of the molecule is N#CCC1OCc2c1cc(N)c(F)c2Br. The normalized spacial score (nSPS) is 18.6. The van der Waals surface area contributed by atoms with Crippen molar-refractivity contribution in [1.29, 1.82) is 5.26 Å². The fourth-order valence-electron chi connectivity index (χ4n) is 1.66. The number of hydrogen-bond acceptors (Lipinski definition) is 3. The van der Waals surface area contributed by atoms with Crippen LogP contribution in [-0.2, 0) is 11.3 Å². The molecule has 0 spiro atoms. The molecule has 5 heteroatoms. The quantitative estimate of drug-likeness (QED) is 0.799. The first-order chi connectivity index (χ1) is 7.15. The fourth-order valence-corrected chi connectivity index (χ4v) is 2.24. The second kappa shape index (κ2) is 3.80. The van der Waals surface area contributed by atoms with Crippen LogP contribution < -0.4 is 5.73 Å². The Kier molecular flexibility index (Phi) is 2.63. The Balaban J connectivity index is 2.52. The molecule has 0 aromatic heterocycles. The molecule has 2 N–H and O–H groups in total. The third-order valence-electron chi connectivity index (χ3n) is 2.42. The summed E-state index contributed by atoms with van der Waals surface area (Å²) in [5.41, 5.74) is 7.15. The van der Waals surface area contributed by atoms with Crippen molar-refractivity contribution >= 4 is 21.6 Å². The number of ether oxygens (including phenoxy) is 1. The minimum atomic E-state index is -0.463. The van der Waals surface area contributed by atoms with Gasteiger partial charge in [0.1, 0.15) is 0 Å². The van der Waals surface area contributed by atoms with E-state index in [-0.39, 0.29) is 18.2 Å². The maximum absolute atomic E-state index is 13.4. The first-order valence-electron chi connectivity index (χ1n) is 4.40. The number of anilines is 1. The molecule has 0 aliphatic carbocycles. The monoisotopic (exact) mass is 270 g/mol. The van der Waals surface area contributed by atoms with E-state index in [4.69, 9.17) is 15.7 Å². The van der Waals surface area contributed by atoms with Crippen LogP contribution >= 0.6 is 15.9 Å². The molecule has 0 saturated heterocycles. The van der Waals surface area contributed by atoms with Crippen molar-refractivity contribution in [3.8, 4) is 6.07 Å². The van der Waals surface area contributed by atoms with Gasteiger partial charge in [0.25, 0.3) is 0 Å². The average Bonchev–Trinajstić information content (AvgIpc) is 2.59. The number of nitrogen functional groups attached to an aromatic ring is 1. The van der Waals surface area contributed by atoms with E-state index in [0.29, 0.717) is 11.1 Å². The van der Waals surface area contributed by atoms with Gasteiger partial charge in [0.2, 0.25) is 0 Å². The molecule has 0 fully saturated rings. The number of rotatable bonds is 1. The van der Waals surface area contributed by atoms with E-state index in [1.54, 1.807) is 6.07 Å². The molecule has 0 amide bonds. The van der Waals surface area contributed by atoms with Crippen molar-refractivity contribution in [2.75, 3.05) is 5.73 Å². The van der Waals surface area contributed by atoms with Crippen molar-refractivity contribution in [2.24, 2.45) is 0 Å². The Morgan fingerprint density at radius 1 is 1.73 bits per heavy atom. The van der Waals surface area contributed by atoms with Gasteiger partial charge in [0.15, 0.2) is 5.82 Å². The molecule has 78 valence electrons. The lowest BCUT2D eigenvalue weighted by molar-refractivity contribution is 0.0694. The van der Waals surface area contributed by atoms with Gasteiger partial charge in [-0.05, 0) is 27.6 Å². The molecular formula is C10H8BrFN2O. The van der Waals surface area contributed by atoms with E-state index < -0.39 is 5.82 Å². The molecule has 1 aromatic rings. The van der Waals surface area contributed by atoms with Crippen LogP contribution in [0.25, 0.3) is 0 Å². The van der Waals surface area contributed by atoms with E-state index in [9.17, 15) is 4.39 Å². The van der Waals surface area contributed by atoms with Crippen molar-refractivity contribution in [2.45, 2.75) is 19.1 Å². The van der Waals surface area contributed by atoms with E-state index in [1.807, 2.05) is 6.07 Å². The topological polar surface area (TPSA) is 59.0 Å². The summed E-state index contributed by atoms with van der Waals surface area (Å²) in [5.74, 6) is -0.463.